The number of nitrogens with zero attached hydrogens (tertiary/aromatic N) is 2. The lowest BCUT2D eigenvalue weighted by Crippen LogP contribution is -2.43. The molecule has 0 N–H and O–H groups in total. The monoisotopic (exact) mass is 360 g/mol. The van der Waals surface area contributed by atoms with Crippen LogP contribution in [0.3, 0.4) is 0 Å². The molecule has 1 aromatic heterocycles. The van der Waals surface area contributed by atoms with Gasteiger partial charge in [-0.3, -0.25) is 9.78 Å². The Morgan fingerprint density at radius 3 is 2.65 bits per heavy atom. The lowest BCUT2D eigenvalue weighted by atomic mass is 10.2. The summed E-state index contributed by atoms with van der Waals surface area (Å²) in [6.45, 7) is 1.78. The molecular formula is C13H17BrN2O3S. The summed E-state index contributed by atoms with van der Waals surface area (Å²) in [6, 6.07) is 1.53. The Morgan fingerprint density at radius 2 is 2.15 bits per heavy atom. The van der Waals surface area contributed by atoms with Crippen molar-refractivity contribution < 1.29 is 13.2 Å². The van der Waals surface area contributed by atoms with Gasteiger partial charge in [-0.15, -0.1) is 0 Å². The van der Waals surface area contributed by atoms with Crippen molar-refractivity contribution in [2.45, 2.75) is 31.8 Å². The number of amides is 1. The molecule has 0 aromatic carbocycles. The van der Waals surface area contributed by atoms with E-state index >= 15 is 0 Å². The minimum atomic E-state index is -3.12. The van der Waals surface area contributed by atoms with E-state index in [0.29, 0.717) is 5.56 Å². The van der Waals surface area contributed by atoms with E-state index in [-0.39, 0.29) is 23.7 Å². The minimum Gasteiger partial charge on any atom is -0.332 e. The number of pyridine rings is 1. The molecule has 5 nitrogen and oxygen atoms in total. The highest BCUT2D eigenvalue weighted by atomic mass is 79.9. The van der Waals surface area contributed by atoms with Crippen molar-refractivity contribution in [3.05, 3.63) is 28.5 Å². The molecule has 0 bridgehead atoms. The maximum absolute atomic E-state index is 12.6. The molecule has 1 aromatic rings. The average molecular weight is 361 g/mol. The first-order chi connectivity index (χ1) is 9.28. The number of aromatic nitrogens is 1. The van der Waals surface area contributed by atoms with Crippen LogP contribution in [0.5, 0.6) is 0 Å². The van der Waals surface area contributed by atoms with E-state index < -0.39 is 9.84 Å². The normalized spacial score (nSPS) is 16.8. The quantitative estimate of drug-likeness (QED) is 0.803. The van der Waals surface area contributed by atoms with Crippen LogP contribution in [0.4, 0.5) is 0 Å². The van der Waals surface area contributed by atoms with Crippen LogP contribution in [-0.4, -0.2) is 48.3 Å². The fourth-order valence-corrected chi connectivity index (χ4v) is 3.68. The molecular weight excluding hydrogens is 344 g/mol. The van der Waals surface area contributed by atoms with Gasteiger partial charge in [0.1, 0.15) is 9.84 Å². The van der Waals surface area contributed by atoms with Crippen LogP contribution in [0.1, 0.15) is 30.1 Å². The van der Waals surface area contributed by atoms with Gasteiger partial charge in [-0.25, -0.2) is 8.42 Å². The van der Waals surface area contributed by atoms with Crippen LogP contribution in [0.25, 0.3) is 0 Å². The Labute approximate surface area is 127 Å². The zero-order valence-electron chi connectivity index (χ0n) is 11.4. The third-order valence-corrected chi connectivity index (χ3v) is 4.67. The van der Waals surface area contributed by atoms with E-state index in [2.05, 4.69) is 20.9 Å². The van der Waals surface area contributed by atoms with Crippen molar-refractivity contribution in [1.29, 1.82) is 0 Å². The van der Waals surface area contributed by atoms with Gasteiger partial charge in [-0.1, -0.05) is 0 Å². The summed E-state index contributed by atoms with van der Waals surface area (Å²) in [5.74, 6) is -0.172. The second kappa shape index (κ2) is 5.81. The predicted octanol–water partition coefficient (Wildman–Crippen LogP) is 1.88. The van der Waals surface area contributed by atoms with Gasteiger partial charge in [0.2, 0.25) is 0 Å². The van der Waals surface area contributed by atoms with Crippen LogP contribution < -0.4 is 0 Å². The predicted molar refractivity (Wildman–Crippen MR) is 80.3 cm³/mol. The zero-order valence-corrected chi connectivity index (χ0v) is 13.8. The number of hydrogen-bond acceptors (Lipinski definition) is 4. The number of carbonyl (C=O) groups excluding carboxylic acids is 1. The van der Waals surface area contributed by atoms with Gasteiger partial charge >= 0.3 is 0 Å². The number of halogens is 1. The molecule has 0 saturated heterocycles. The smallest absolute Gasteiger partial charge is 0.255 e. The Kier molecular flexibility index (Phi) is 4.49. The van der Waals surface area contributed by atoms with E-state index in [9.17, 15) is 13.2 Å². The fraction of sp³-hybridized carbons (Fsp3) is 0.538. The highest BCUT2D eigenvalue weighted by Gasteiger charge is 2.37. The molecule has 1 atom stereocenters. The van der Waals surface area contributed by atoms with Crippen LogP contribution in [0, 0.1) is 0 Å². The molecule has 110 valence electrons. The molecule has 1 amide bonds. The second-order valence-electron chi connectivity index (χ2n) is 5.28. The van der Waals surface area contributed by atoms with E-state index in [1.165, 1.54) is 12.5 Å². The maximum atomic E-state index is 12.6. The Hall–Kier alpha value is -0.950. The van der Waals surface area contributed by atoms with Crippen LogP contribution in [-0.2, 0) is 9.84 Å². The molecule has 0 spiro atoms. The maximum Gasteiger partial charge on any atom is 0.255 e. The summed E-state index contributed by atoms with van der Waals surface area (Å²) in [6.07, 6.45) is 6.18. The largest absolute Gasteiger partial charge is 0.332 e. The van der Waals surface area contributed by atoms with Crippen molar-refractivity contribution in [3.63, 3.8) is 0 Å². The average Bonchev–Trinajstić information content (AvgIpc) is 3.11. The van der Waals surface area contributed by atoms with Crippen molar-refractivity contribution in [3.8, 4) is 0 Å². The van der Waals surface area contributed by atoms with E-state index in [1.807, 2.05) is 0 Å². The van der Waals surface area contributed by atoms with Crippen molar-refractivity contribution in [1.82, 2.24) is 9.88 Å². The van der Waals surface area contributed by atoms with E-state index in [0.717, 1.165) is 17.3 Å². The summed E-state index contributed by atoms with van der Waals surface area (Å²) in [7, 11) is -3.12. The van der Waals surface area contributed by atoms with Gasteiger partial charge in [0.15, 0.2) is 0 Å². The van der Waals surface area contributed by atoms with E-state index in [1.54, 1.807) is 24.1 Å². The van der Waals surface area contributed by atoms with Gasteiger partial charge < -0.3 is 4.90 Å². The fourth-order valence-electron chi connectivity index (χ4n) is 2.27. The first-order valence-corrected chi connectivity index (χ1v) is 9.24. The first-order valence-electron chi connectivity index (χ1n) is 6.39. The van der Waals surface area contributed by atoms with Crippen molar-refractivity contribution >= 4 is 31.7 Å². The molecule has 1 fully saturated rings. The molecule has 2 rings (SSSR count). The lowest BCUT2D eigenvalue weighted by Gasteiger charge is -2.29. The summed E-state index contributed by atoms with van der Waals surface area (Å²) in [4.78, 5) is 18.2. The number of hydrogen-bond donors (Lipinski definition) is 0. The highest BCUT2D eigenvalue weighted by Crippen LogP contribution is 2.30. The van der Waals surface area contributed by atoms with E-state index in [4.69, 9.17) is 0 Å². The highest BCUT2D eigenvalue weighted by molar-refractivity contribution is 9.10. The molecule has 7 heteroatoms. The van der Waals surface area contributed by atoms with Crippen molar-refractivity contribution in [2.75, 3.05) is 12.0 Å². The SMILES string of the molecule is C[C@@H](CS(C)(=O)=O)N(C(=O)c1cncc(Br)c1)C1CC1. The van der Waals surface area contributed by atoms with Crippen LogP contribution in [0.15, 0.2) is 22.9 Å². The van der Waals surface area contributed by atoms with Crippen LogP contribution >= 0.6 is 15.9 Å². The summed E-state index contributed by atoms with van der Waals surface area (Å²) in [5.41, 5.74) is 0.478. The van der Waals surface area contributed by atoms with Crippen LogP contribution in [0.2, 0.25) is 0 Å². The topological polar surface area (TPSA) is 67.3 Å². The third kappa shape index (κ3) is 4.02. The summed E-state index contributed by atoms with van der Waals surface area (Å²) >= 11 is 3.29. The Bertz CT molecular complexity index is 614. The molecule has 0 unspecified atom stereocenters. The van der Waals surface area contributed by atoms with Gasteiger partial charge in [-0.2, -0.15) is 0 Å². The minimum absolute atomic E-state index is 0.0172. The molecule has 0 aliphatic heterocycles. The Morgan fingerprint density at radius 1 is 1.50 bits per heavy atom. The number of carbonyl (C=O) groups is 1. The number of rotatable bonds is 5. The van der Waals surface area contributed by atoms with Gasteiger partial charge in [0.05, 0.1) is 11.3 Å². The standard InChI is InChI=1S/C13H17BrN2O3S/c1-9(8-20(2,18)19)16(12-3-4-12)13(17)10-5-11(14)7-15-6-10/h5-7,9,12H,3-4,8H2,1-2H3/t9-/m0/s1. The summed E-state index contributed by atoms with van der Waals surface area (Å²) in [5, 5.41) is 0. The molecule has 1 aliphatic carbocycles. The molecule has 0 radical (unpaired) electrons. The van der Waals surface area contributed by atoms with Gasteiger partial charge in [0, 0.05) is 35.2 Å². The molecule has 20 heavy (non-hydrogen) atoms. The molecule has 1 heterocycles. The third-order valence-electron chi connectivity index (χ3n) is 3.15. The number of sulfone groups is 1. The Balaban J connectivity index is 2.22. The molecule has 1 aliphatic rings. The van der Waals surface area contributed by atoms with Crippen molar-refractivity contribution in [2.24, 2.45) is 0 Å². The lowest BCUT2D eigenvalue weighted by molar-refractivity contribution is 0.0692. The summed E-state index contributed by atoms with van der Waals surface area (Å²) < 4.78 is 23.6. The first kappa shape index (κ1) is 15.4. The van der Waals surface area contributed by atoms with Gasteiger partial charge in [-0.05, 0) is 41.8 Å². The second-order valence-corrected chi connectivity index (χ2v) is 8.38. The van der Waals surface area contributed by atoms with Gasteiger partial charge in [0.25, 0.3) is 5.91 Å². The zero-order chi connectivity index (χ0) is 14.9. The molecule has 1 saturated carbocycles.